The van der Waals surface area contributed by atoms with Crippen LogP contribution in [-0.4, -0.2) is 88.9 Å². The lowest BCUT2D eigenvalue weighted by Crippen LogP contribution is -2.62. The summed E-state index contributed by atoms with van der Waals surface area (Å²) in [5, 5.41) is 19.3. The van der Waals surface area contributed by atoms with Gasteiger partial charge in [0.1, 0.15) is 23.8 Å². The zero-order chi connectivity index (χ0) is 39.8. The number of carbonyl (C=O) groups is 6. The van der Waals surface area contributed by atoms with Gasteiger partial charge in [-0.25, -0.2) is 4.99 Å². The van der Waals surface area contributed by atoms with Crippen molar-refractivity contribution in [2.24, 2.45) is 33.6 Å². The van der Waals surface area contributed by atoms with Gasteiger partial charge < -0.3 is 31.6 Å². The fourth-order valence-corrected chi connectivity index (χ4v) is 8.15. The molecule has 0 aromatic carbocycles. The first-order valence-electron chi connectivity index (χ1n) is 20.2. The third-order valence-corrected chi connectivity index (χ3v) is 11.3. The van der Waals surface area contributed by atoms with E-state index in [1.165, 1.54) is 6.20 Å². The van der Waals surface area contributed by atoms with Gasteiger partial charge in [0.2, 0.25) is 23.5 Å². The highest BCUT2D eigenvalue weighted by molar-refractivity contribution is 6.60. The lowest BCUT2D eigenvalue weighted by atomic mass is 9.82. The first kappa shape index (κ1) is 42.8. The molecule has 6 atom stereocenters. The maximum Gasteiger partial charge on any atom is 0.289 e. The minimum Gasteiger partial charge on any atom is -0.347 e. The van der Waals surface area contributed by atoms with Crippen molar-refractivity contribution in [2.75, 3.05) is 6.54 Å². The smallest absolute Gasteiger partial charge is 0.289 e. The summed E-state index contributed by atoms with van der Waals surface area (Å²) in [7, 11) is 0. The molecule has 13 nitrogen and oxygen atoms in total. The summed E-state index contributed by atoms with van der Waals surface area (Å²) in [6.45, 7) is 14.1. The summed E-state index contributed by atoms with van der Waals surface area (Å²) < 4.78 is 0. The van der Waals surface area contributed by atoms with Crippen molar-refractivity contribution in [1.82, 2.24) is 26.2 Å². The molecular formula is C41H65N7O6. The van der Waals surface area contributed by atoms with Gasteiger partial charge in [-0.15, -0.1) is 0 Å². The van der Waals surface area contributed by atoms with E-state index in [1.54, 1.807) is 4.90 Å². The molecule has 1 aliphatic heterocycles. The molecule has 4 fully saturated rings. The third-order valence-electron chi connectivity index (χ3n) is 11.3. The van der Waals surface area contributed by atoms with Crippen LogP contribution in [0.1, 0.15) is 132 Å². The summed E-state index contributed by atoms with van der Waals surface area (Å²) in [4.78, 5) is 88.3. The Morgan fingerprint density at radius 3 is 2.13 bits per heavy atom. The van der Waals surface area contributed by atoms with Crippen LogP contribution in [0.2, 0.25) is 0 Å². The molecule has 3 aliphatic carbocycles. The van der Waals surface area contributed by atoms with Crippen LogP contribution >= 0.6 is 0 Å². The molecule has 5 N–H and O–H groups in total. The van der Waals surface area contributed by atoms with Crippen molar-refractivity contribution in [1.29, 1.82) is 5.41 Å². The van der Waals surface area contributed by atoms with Crippen molar-refractivity contribution in [3.8, 4) is 0 Å². The van der Waals surface area contributed by atoms with Crippen LogP contribution in [0.5, 0.6) is 0 Å². The maximum atomic E-state index is 14.7. The maximum absolute atomic E-state index is 14.7. The molecule has 0 spiro atoms. The lowest BCUT2D eigenvalue weighted by molar-refractivity contribution is -0.146. The average Bonchev–Trinajstić information content (AvgIpc) is 3.68. The van der Waals surface area contributed by atoms with Crippen LogP contribution < -0.4 is 21.3 Å². The van der Waals surface area contributed by atoms with E-state index in [1.807, 2.05) is 33.8 Å². The van der Waals surface area contributed by atoms with Crippen LogP contribution in [-0.2, 0) is 28.8 Å². The number of fused-ring (bicyclic) bond motifs is 1. The summed E-state index contributed by atoms with van der Waals surface area (Å²) in [5.41, 5.74) is -0.862. The molecule has 1 heterocycles. The third kappa shape index (κ3) is 11.6. The summed E-state index contributed by atoms with van der Waals surface area (Å²) >= 11 is 0. The number of hydrogen-bond acceptors (Lipinski definition) is 8. The lowest BCUT2D eigenvalue weighted by Gasteiger charge is -2.38. The minimum absolute atomic E-state index is 0.00363. The predicted molar refractivity (Wildman–Crippen MR) is 209 cm³/mol. The standard InChI is InChI=1S/C41H65N7O6/c1-8-14-29(33(49)38(53)44-27-19-20-27)45-37(52)32-28-18-12-17-26(28)24-48(32)39(54)34(41(5,6)7)47-36(51)31(25-15-10-9-11-16-25)46-35(50)30(23-42)43-22-13-21-40(2,3)4/h13,22-23,25-29,31-32,34,42H,8-12,14-21,24H2,1-7H3,(H,44,53)(H,45,52)(H,46,50)(H,47,51)/b22-13-,42-23?,43-30?/t26-,28-,29+,31-,32-,34+/m0/s1. The van der Waals surface area contributed by atoms with E-state index in [9.17, 15) is 28.8 Å². The van der Waals surface area contributed by atoms with Crippen LogP contribution in [0.4, 0.5) is 0 Å². The zero-order valence-electron chi connectivity index (χ0n) is 33.6. The number of hydrogen-bond donors (Lipinski definition) is 5. The molecule has 4 aliphatic rings. The van der Waals surface area contributed by atoms with E-state index >= 15 is 0 Å². The van der Waals surface area contributed by atoms with E-state index in [0.717, 1.165) is 76.8 Å². The van der Waals surface area contributed by atoms with Gasteiger partial charge in [0.25, 0.3) is 11.8 Å². The number of nitrogens with zero attached hydrogens (tertiary/aromatic N) is 2. The SMILES string of the molecule is CCC[C@@H](NC(=O)[C@@H]1[C@H]2CCC[C@H]2CN1C(=O)[C@@H](NC(=O)[C@@H](NC(=O)C(C=N)=N/C=C\CC(C)(C)C)C1CCCCC1)C(C)(C)C)C(=O)C(=O)NC1CC1. The van der Waals surface area contributed by atoms with Gasteiger partial charge in [-0.3, -0.25) is 28.8 Å². The van der Waals surface area contributed by atoms with Crippen LogP contribution in [0, 0.1) is 34.0 Å². The zero-order valence-corrected chi connectivity index (χ0v) is 33.6. The van der Waals surface area contributed by atoms with Crippen molar-refractivity contribution in [2.45, 2.75) is 162 Å². The number of carbonyl (C=O) groups excluding carboxylic acids is 6. The molecule has 5 amide bonds. The largest absolute Gasteiger partial charge is 0.347 e. The average molecular weight is 752 g/mol. The molecule has 0 radical (unpaired) electrons. The molecule has 0 aromatic heterocycles. The first-order valence-corrected chi connectivity index (χ1v) is 20.2. The van der Waals surface area contributed by atoms with Gasteiger partial charge in [-0.2, -0.15) is 0 Å². The van der Waals surface area contributed by atoms with E-state index in [2.05, 4.69) is 47.0 Å². The van der Waals surface area contributed by atoms with Crippen LogP contribution in [0.25, 0.3) is 0 Å². The van der Waals surface area contributed by atoms with E-state index in [4.69, 9.17) is 5.41 Å². The highest BCUT2D eigenvalue weighted by Crippen LogP contribution is 2.43. The van der Waals surface area contributed by atoms with E-state index < -0.39 is 64.9 Å². The number of aliphatic imine (C=N–C) groups is 1. The number of Topliss-reactive ketones (excluding diaryl/α,β-unsaturated/α-hetero) is 1. The molecule has 300 valence electrons. The monoisotopic (exact) mass is 751 g/mol. The van der Waals surface area contributed by atoms with Gasteiger partial charge in [0, 0.05) is 25.0 Å². The van der Waals surface area contributed by atoms with Gasteiger partial charge in [0.15, 0.2) is 0 Å². The molecule has 0 unspecified atom stereocenters. The normalized spacial score (nSPS) is 23.9. The van der Waals surface area contributed by atoms with Gasteiger partial charge in [-0.05, 0) is 80.0 Å². The minimum atomic E-state index is -1.03. The number of nitrogens with one attached hydrogen (secondary N) is 5. The van der Waals surface area contributed by atoms with Crippen LogP contribution in [0.3, 0.4) is 0 Å². The second kappa shape index (κ2) is 18.6. The fourth-order valence-electron chi connectivity index (χ4n) is 8.15. The Hall–Kier alpha value is -3.90. The highest BCUT2D eigenvalue weighted by Gasteiger charge is 2.52. The first-order chi connectivity index (χ1) is 25.4. The Morgan fingerprint density at radius 1 is 0.852 bits per heavy atom. The van der Waals surface area contributed by atoms with Crippen molar-refractivity contribution < 1.29 is 28.8 Å². The molecule has 0 bridgehead atoms. The molecule has 1 saturated heterocycles. The van der Waals surface area contributed by atoms with Gasteiger partial charge >= 0.3 is 0 Å². The quantitative estimate of drug-likeness (QED) is 0.115. The number of likely N-dealkylation sites (tertiary alicyclic amines) is 1. The number of amides is 5. The Bertz CT molecular complexity index is 1470. The Labute approximate surface area is 321 Å². The Kier molecular flexibility index (Phi) is 14.8. The highest BCUT2D eigenvalue weighted by atomic mass is 16.2. The van der Waals surface area contributed by atoms with Crippen molar-refractivity contribution in [3.63, 3.8) is 0 Å². The molecule has 0 aromatic rings. The Balaban J connectivity index is 1.56. The second-order valence-electron chi connectivity index (χ2n) is 18.2. The van der Waals surface area contributed by atoms with Gasteiger partial charge in [0.05, 0.1) is 6.04 Å². The summed E-state index contributed by atoms with van der Waals surface area (Å²) in [5.74, 6) is -3.52. The molecular weight excluding hydrogens is 686 g/mol. The second-order valence-corrected chi connectivity index (χ2v) is 18.2. The summed E-state index contributed by atoms with van der Waals surface area (Å²) in [6, 6.07) is -3.84. The summed E-state index contributed by atoms with van der Waals surface area (Å²) in [6.07, 6.45) is 14.3. The number of rotatable bonds is 16. The van der Waals surface area contributed by atoms with Crippen molar-refractivity contribution >= 4 is 47.2 Å². The number of allylic oxidation sites excluding steroid dienone is 1. The topological polar surface area (TPSA) is 190 Å². The Morgan fingerprint density at radius 2 is 1.54 bits per heavy atom. The molecule has 54 heavy (non-hydrogen) atoms. The van der Waals surface area contributed by atoms with Gasteiger partial charge in [-0.1, -0.05) is 86.6 Å². The number of ketones is 1. The van der Waals surface area contributed by atoms with E-state index in [-0.39, 0.29) is 34.9 Å². The van der Waals surface area contributed by atoms with E-state index in [0.29, 0.717) is 19.4 Å². The molecule has 3 saturated carbocycles. The predicted octanol–water partition coefficient (Wildman–Crippen LogP) is 4.38. The van der Waals surface area contributed by atoms with Crippen LogP contribution in [0.15, 0.2) is 17.3 Å². The molecule has 13 heteroatoms. The van der Waals surface area contributed by atoms with Crippen molar-refractivity contribution in [3.05, 3.63) is 12.3 Å². The fraction of sp³-hybridized carbons (Fsp3) is 0.756. The molecule has 4 rings (SSSR count).